The molecule has 180 valence electrons. The molecule has 0 aliphatic heterocycles. The predicted octanol–water partition coefficient (Wildman–Crippen LogP) is 3.46. The van der Waals surface area contributed by atoms with E-state index in [1.54, 1.807) is 12.1 Å². The van der Waals surface area contributed by atoms with Crippen molar-refractivity contribution in [3.63, 3.8) is 0 Å². The molecule has 8 nitrogen and oxygen atoms in total. The lowest BCUT2D eigenvalue weighted by molar-refractivity contribution is -0.0498. The monoisotopic (exact) mass is 472 g/mol. The summed E-state index contributed by atoms with van der Waals surface area (Å²) < 4.78 is 30.4. The van der Waals surface area contributed by atoms with E-state index >= 15 is 0 Å². The molecule has 3 rings (SSSR count). The summed E-state index contributed by atoms with van der Waals surface area (Å²) in [5.74, 6) is -0.611. The van der Waals surface area contributed by atoms with Gasteiger partial charge in [0.05, 0.1) is 6.54 Å². The Kier molecular flexibility index (Phi) is 7.83. The van der Waals surface area contributed by atoms with Crippen LogP contribution in [-0.4, -0.2) is 28.6 Å². The van der Waals surface area contributed by atoms with Crippen molar-refractivity contribution in [2.24, 2.45) is 5.92 Å². The van der Waals surface area contributed by atoms with E-state index in [1.165, 1.54) is 33.7 Å². The van der Waals surface area contributed by atoms with Gasteiger partial charge in [0.1, 0.15) is 11.6 Å². The molecule has 0 saturated carbocycles. The van der Waals surface area contributed by atoms with Crippen molar-refractivity contribution in [3.05, 3.63) is 86.6 Å². The van der Waals surface area contributed by atoms with Crippen LogP contribution in [0.1, 0.15) is 36.2 Å². The number of aromatic amines is 1. The zero-order valence-corrected chi connectivity index (χ0v) is 18.8. The standard InChI is InChI=1S/C24H26F2N4O4/c1-15(2)12-13-29(22(32)17-8-10-18(11-9-17)34-23(25)26)19-20(27)30(24(33)28-21(19)31)14-16-6-4-3-5-7-16/h3-11,15,23H,12-14,27H2,1-2H3,(H,28,31,33). The molecule has 0 aliphatic carbocycles. The SMILES string of the molecule is CC(C)CCN(C(=O)c1ccc(OC(F)F)cc1)c1c(N)n(Cc2ccccc2)c(=O)[nH]c1=O. The molecular formula is C24H26F2N4O4. The molecule has 34 heavy (non-hydrogen) atoms. The molecule has 0 saturated heterocycles. The number of halogens is 2. The van der Waals surface area contributed by atoms with Gasteiger partial charge >= 0.3 is 12.3 Å². The van der Waals surface area contributed by atoms with E-state index in [2.05, 4.69) is 9.72 Å². The Labute approximate surface area is 194 Å². The molecule has 0 fully saturated rings. The minimum atomic E-state index is -2.99. The highest BCUT2D eigenvalue weighted by atomic mass is 19.3. The fourth-order valence-corrected chi connectivity index (χ4v) is 3.40. The fourth-order valence-electron chi connectivity index (χ4n) is 3.40. The van der Waals surface area contributed by atoms with E-state index in [0.717, 1.165) is 5.56 Å². The summed E-state index contributed by atoms with van der Waals surface area (Å²) in [7, 11) is 0. The van der Waals surface area contributed by atoms with Crippen LogP contribution in [0.4, 0.5) is 20.3 Å². The third-order valence-corrected chi connectivity index (χ3v) is 5.17. The van der Waals surface area contributed by atoms with Gasteiger partial charge < -0.3 is 15.4 Å². The number of H-pyrrole nitrogens is 1. The molecule has 10 heteroatoms. The Balaban J connectivity index is 2.04. The number of hydrogen-bond acceptors (Lipinski definition) is 5. The van der Waals surface area contributed by atoms with E-state index in [-0.39, 0.29) is 41.8 Å². The summed E-state index contributed by atoms with van der Waals surface area (Å²) >= 11 is 0. The molecule has 1 aromatic heterocycles. The normalized spacial score (nSPS) is 11.1. The number of ether oxygens (including phenoxy) is 1. The predicted molar refractivity (Wildman–Crippen MR) is 125 cm³/mol. The maximum absolute atomic E-state index is 13.4. The Bertz CT molecular complexity index is 1240. The number of nitrogens with zero attached hydrogens (tertiary/aromatic N) is 2. The lowest BCUT2D eigenvalue weighted by Crippen LogP contribution is -2.42. The average molecular weight is 472 g/mol. The van der Waals surface area contributed by atoms with Gasteiger partial charge in [0.2, 0.25) is 0 Å². The molecule has 0 spiro atoms. The van der Waals surface area contributed by atoms with E-state index < -0.39 is 23.8 Å². The number of hydrogen-bond donors (Lipinski definition) is 2. The molecule has 0 unspecified atom stereocenters. The largest absolute Gasteiger partial charge is 0.435 e. The second kappa shape index (κ2) is 10.8. The van der Waals surface area contributed by atoms with Crippen molar-refractivity contribution in [1.82, 2.24) is 9.55 Å². The van der Waals surface area contributed by atoms with Crippen molar-refractivity contribution in [2.75, 3.05) is 17.2 Å². The number of nitrogens with one attached hydrogen (secondary N) is 1. The lowest BCUT2D eigenvalue weighted by Gasteiger charge is -2.25. The molecule has 3 N–H and O–H groups in total. The highest BCUT2D eigenvalue weighted by Crippen LogP contribution is 2.23. The first-order valence-corrected chi connectivity index (χ1v) is 10.7. The Morgan fingerprint density at radius 3 is 2.32 bits per heavy atom. The van der Waals surface area contributed by atoms with Crippen LogP contribution in [0, 0.1) is 5.92 Å². The first-order chi connectivity index (χ1) is 16.2. The number of benzene rings is 2. The minimum absolute atomic E-state index is 0.0984. The van der Waals surface area contributed by atoms with Gasteiger partial charge in [0, 0.05) is 12.1 Å². The fraction of sp³-hybridized carbons (Fsp3) is 0.292. The van der Waals surface area contributed by atoms with Gasteiger partial charge in [-0.15, -0.1) is 0 Å². The third-order valence-electron chi connectivity index (χ3n) is 5.17. The molecule has 0 bridgehead atoms. The third kappa shape index (κ3) is 5.89. The van der Waals surface area contributed by atoms with E-state index in [9.17, 15) is 23.2 Å². The van der Waals surface area contributed by atoms with Gasteiger partial charge in [-0.1, -0.05) is 44.2 Å². The van der Waals surface area contributed by atoms with Crippen molar-refractivity contribution in [3.8, 4) is 5.75 Å². The van der Waals surface area contributed by atoms with E-state index in [0.29, 0.717) is 6.42 Å². The molecule has 3 aromatic rings. The second-order valence-corrected chi connectivity index (χ2v) is 8.11. The van der Waals surface area contributed by atoms with E-state index in [4.69, 9.17) is 5.73 Å². The van der Waals surface area contributed by atoms with Crippen LogP contribution < -0.4 is 26.6 Å². The topological polar surface area (TPSA) is 110 Å². The first-order valence-electron chi connectivity index (χ1n) is 10.7. The zero-order chi connectivity index (χ0) is 24.8. The number of carbonyl (C=O) groups excluding carboxylic acids is 1. The van der Waals surface area contributed by atoms with Gasteiger partial charge in [0.15, 0.2) is 5.69 Å². The average Bonchev–Trinajstić information content (AvgIpc) is 2.79. The number of aromatic nitrogens is 2. The van der Waals surface area contributed by atoms with Crippen LogP contribution in [-0.2, 0) is 6.54 Å². The van der Waals surface area contributed by atoms with Gasteiger partial charge in [-0.3, -0.25) is 19.1 Å². The quantitative estimate of drug-likeness (QED) is 0.496. The molecule has 1 amide bonds. The zero-order valence-electron chi connectivity index (χ0n) is 18.8. The summed E-state index contributed by atoms with van der Waals surface area (Å²) in [4.78, 5) is 42.2. The molecular weight excluding hydrogens is 446 g/mol. The maximum Gasteiger partial charge on any atom is 0.387 e. The summed E-state index contributed by atoms with van der Waals surface area (Å²) in [5.41, 5.74) is 5.58. The molecule has 1 heterocycles. The number of nitrogen functional groups attached to an aromatic ring is 1. The van der Waals surface area contributed by atoms with Crippen LogP contribution in [0.15, 0.2) is 64.2 Å². The van der Waals surface area contributed by atoms with Crippen molar-refractivity contribution in [1.29, 1.82) is 0 Å². The summed E-state index contributed by atoms with van der Waals surface area (Å²) in [5, 5.41) is 0. The lowest BCUT2D eigenvalue weighted by atomic mass is 10.1. The maximum atomic E-state index is 13.4. The molecule has 0 radical (unpaired) electrons. The first kappa shape index (κ1) is 24.7. The number of carbonyl (C=O) groups is 1. The van der Waals surface area contributed by atoms with Crippen molar-refractivity contribution < 1.29 is 18.3 Å². The van der Waals surface area contributed by atoms with Crippen molar-refractivity contribution in [2.45, 2.75) is 33.4 Å². The number of rotatable bonds is 9. The summed E-state index contributed by atoms with van der Waals surface area (Å²) in [6.45, 7) is 1.18. The molecule has 0 atom stereocenters. The van der Waals surface area contributed by atoms with Gasteiger partial charge in [-0.05, 0) is 42.2 Å². The molecule has 0 aliphatic rings. The number of nitrogens with two attached hydrogens (primary N) is 1. The molecule has 2 aromatic carbocycles. The smallest absolute Gasteiger partial charge is 0.387 e. The van der Waals surface area contributed by atoms with E-state index in [1.807, 2.05) is 32.0 Å². The highest BCUT2D eigenvalue weighted by molar-refractivity contribution is 6.07. The number of anilines is 2. The van der Waals surface area contributed by atoms with Crippen LogP contribution in [0.3, 0.4) is 0 Å². The Hall–Kier alpha value is -3.95. The van der Waals surface area contributed by atoms with Gasteiger partial charge in [-0.25, -0.2) is 4.79 Å². The van der Waals surface area contributed by atoms with Crippen LogP contribution >= 0.6 is 0 Å². The van der Waals surface area contributed by atoms with Gasteiger partial charge in [-0.2, -0.15) is 8.78 Å². The summed E-state index contributed by atoms with van der Waals surface area (Å²) in [6, 6.07) is 14.2. The highest BCUT2D eigenvalue weighted by Gasteiger charge is 2.25. The van der Waals surface area contributed by atoms with Gasteiger partial charge in [0.25, 0.3) is 11.5 Å². The van der Waals surface area contributed by atoms with Crippen LogP contribution in [0.25, 0.3) is 0 Å². The number of alkyl halides is 2. The number of amides is 1. The second-order valence-electron chi connectivity index (χ2n) is 8.11. The van der Waals surface area contributed by atoms with Crippen LogP contribution in [0.2, 0.25) is 0 Å². The minimum Gasteiger partial charge on any atom is -0.435 e. The van der Waals surface area contributed by atoms with Crippen LogP contribution in [0.5, 0.6) is 5.75 Å². The Morgan fingerprint density at radius 1 is 1.09 bits per heavy atom. The van der Waals surface area contributed by atoms with Crippen molar-refractivity contribution >= 4 is 17.4 Å². The summed E-state index contributed by atoms with van der Waals surface area (Å²) in [6.07, 6.45) is 0.551. The Morgan fingerprint density at radius 2 is 1.74 bits per heavy atom.